The number of hydrogen-bond donors (Lipinski definition) is 1. The summed E-state index contributed by atoms with van der Waals surface area (Å²) in [5.74, 6) is 6.99. The molecule has 1 aliphatic heterocycles. The number of aliphatic hydroxyl groups excluding tert-OH is 1. The Bertz CT molecular complexity index is 606. The van der Waals surface area contributed by atoms with E-state index in [-0.39, 0.29) is 12.5 Å². The van der Waals surface area contributed by atoms with E-state index in [9.17, 15) is 9.00 Å². The summed E-state index contributed by atoms with van der Waals surface area (Å²) < 4.78 is 11.3. The molecule has 1 aromatic carbocycles. The van der Waals surface area contributed by atoms with Gasteiger partial charge in [-0.3, -0.25) is 9.00 Å². The number of benzene rings is 1. The fraction of sp³-hybridized carbons (Fsp3) is 0.438. The number of carbonyl (C=O) groups excluding carboxylic acids is 1. The molecule has 5 heteroatoms. The highest BCUT2D eigenvalue weighted by molar-refractivity contribution is 7.85. The normalized spacial score (nSPS) is 15.4. The van der Waals surface area contributed by atoms with E-state index in [0.29, 0.717) is 36.6 Å². The zero-order valence-corrected chi connectivity index (χ0v) is 12.9. The minimum atomic E-state index is -0.779. The molecule has 0 saturated carbocycles. The van der Waals surface area contributed by atoms with Crippen LogP contribution in [-0.4, -0.2) is 51.3 Å². The molecule has 1 aliphatic rings. The predicted molar refractivity (Wildman–Crippen MR) is 83.5 cm³/mol. The molecule has 0 atom stereocenters. The van der Waals surface area contributed by atoms with Crippen molar-refractivity contribution in [2.75, 3.05) is 31.2 Å². The monoisotopic (exact) mass is 305 g/mol. The van der Waals surface area contributed by atoms with Crippen molar-refractivity contribution in [1.29, 1.82) is 0 Å². The standard InChI is InChI=1S/C16H19NO3S/c1-13-12-15(6-5-14(13)4-2-3-9-18)16(19)17-7-10-21(20)11-8-17/h5-6,12,18H,3,7-11H2,1H3. The van der Waals surface area contributed by atoms with Gasteiger partial charge in [0.1, 0.15) is 0 Å². The van der Waals surface area contributed by atoms with Crippen LogP contribution < -0.4 is 0 Å². The molecule has 1 aromatic rings. The molecule has 0 spiro atoms. The summed E-state index contributed by atoms with van der Waals surface area (Å²) in [4.78, 5) is 14.1. The van der Waals surface area contributed by atoms with E-state index in [1.807, 2.05) is 19.1 Å². The zero-order chi connectivity index (χ0) is 15.2. The minimum Gasteiger partial charge on any atom is -0.395 e. The molecular formula is C16H19NO3S. The van der Waals surface area contributed by atoms with Crippen molar-refractivity contribution in [2.45, 2.75) is 13.3 Å². The Morgan fingerprint density at radius 1 is 1.38 bits per heavy atom. The largest absolute Gasteiger partial charge is 0.395 e. The van der Waals surface area contributed by atoms with Gasteiger partial charge in [-0.1, -0.05) is 11.8 Å². The van der Waals surface area contributed by atoms with Gasteiger partial charge in [0, 0.05) is 52.9 Å². The SMILES string of the molecule is Cc1cc(C(=O)N2CCS(=O)CC2)ccc1C#CCCO. The van der Waals surface area contributed by atoms with Gasteiger partial charge < -0.3 is 10.0 Å². The van der Waals surface area contributed by atoms with Crippen molar-refractivity contribution in [3.05, 3.63) is 34.9 Å². The maximum absolute atomic E-state index is 12.4. The third-order valence-corrected chi connectivity index (χ3v) is 4.67. The van der Waals surface area contributed by atoms with Crippen LogP contribution in [-0.2, 0) is 10.8 Å². The molecule has 0 bridgehead atoms. The molecule has 2 rings (SSSR count). The quantitative estimate of drug-likeness (QED) is 0.827. The smallest absolute Gasteiger partial charge is 0.253 e. The number of nitrogens with zero attached hydrogens (tertiary/aromatic N) is 1. The average Bonchev–Trinajstić information content (AvgIpc) is 2.49. The molecule has 0 unspecified atom stereocenters. The number of rotatable bonds is 2. The Balaban J connectivity index is 2.11. The van der Waals surface area contributed by atoms with Crippen LogP contribution in [0.2, 0.25) is 0 Å². The Labute approximate surface area is 127 Å². The Morgan fingerprint density at radius 3 is 2.71 bits per heavy atom. The highest BCUT2D eigenvalue weighted by Gasteiger charge is 2.21. The molecule has 1 saturated heterocycles. The molecule has 1 amide bonds. The molecule has 112 valence electrons. The van der Waals surface area contributed by atoms with E-state index in [1.165, 1.54) is 0 Å². The second-order valence-electron chi connectivity index (χ2n) is 4.95. The number of hydrogen-bond acceptors (Lipinski definition) is 3. The second kappa shape index (κ2) is 7.39. The number of aryl methyl sites for hydroxylation is 1. The Hall–Kier alpha value is -1.64. The summed E-state index contributed by atoms with van der Waals surface area (Å²) in [5.41, 5.74) is 2.47. The Kier molecular flexibility index (Phi) is 5.54. The zero-order valence-electron chi connectivity index (χ0n) is 12.1. The third-order valence-electron chi connectivity index (χ3n) is 3.40. The lowest BCUT2D eigenvalue weighted by atomic mass is 10.0. The molecule has 4 nitrogen and oxygen atoms in total. The van der Waals surface area contributed by atoms with Gasteiger partial charge >= 0.3 is 0 Å². The number of amides is 1. The highest BCUT2D eigenvalue weighted by Crippen LogP contribution is 2.13. The van der Waals surface area contributed by atoms with Crippen LogP contribution in [0, 0.1) is 18.8 Å². The van der Waals surface area contributed by atoms with Crippen LogP contribution >= 0.6 is 0 Å². The first kappa shape index (κ1) is 15.7. The molecule has 21 heavy (non-hydrogen) atoms. The molecule has 0 radical (unpaired) electrons. The number of aliphatic hydroxyl groups is 1. The van der Waals surface area contributed by atoms with Crippen molar-refractivity contribution in [3.63, 3.8) is 0 Å². The van der Waals surface area contributed by atoms with Crippen LogP contribution in [0.25, 0.3) is 0 Å². The maximum Gasteiger partial charge on any atom is 0.253 e. The minimum absolute atomic E-state index is 0.00957. The summed E-state index contributed by atoms with van der Waals surface area (Å²) in [6.45, 7) is 3.09. The van der Waals surface area contributed by atoms with Crippen LogP contribution in [0.15, 0.2) is 18.2 Å². The van der Waals surface area contributed by atoms with Crippen LogP contribution in [0.5, 0.6) is 0 Å². The van der Waals surface area contributed by atoms with Crippen molar-refractivity contribution in [3.8, 4) is 11.8 Å². The molecular weight excluding hydrogens is 286 g/mol. The van der Waals surface area contributed by atoms with E-state index in [4.69, 9.17) is 5.11 Å². The van der Waals surface area contributed by atoms with Crippen molar-refractivity contribution in [2.24, 2.45) is 0 Å². The van der Waals surface area contributed by atoms with Gasteiger partial charge in [0.25, 0.3) is 5.91 Å². The Morgan fingerprint density at radius 2 is 2.10 bits per heavy atom. The lowest BCUT2D eigenvalue weighted by molar-refractivity contribution is 0.0771. The third kappa shape index (κ3) is 4.16. The lowest BCUT2D eigenvalue weighted by Crippen LogP contribution is -2.41. The van der Waals surface area contributed by atoms with E-state index < -0.39 is 10.8 Å². The fourth-order valence-electron chi connectivity index (χ4n) is 2.17. The molecule has 0 aliphatic carbocycles. The lowest BCUT2D eigenvalue weighted by Gasteiger charge is -2.26. The van der Waals surface area contributed by atoms with Crippen molar-refractivity contribution < 1.29 is 14.1 Å². The van der Waals surface area contributed by atoms with Crippen LogP contribution in [0.4, 0.5) is 0 Å². The van der Waals surface area contributed by atoms with Crippen LogP contribution in [0.3, 0.4) is 0 Å². The first-order valence-electron chi connectivity index (χ1n) is 6.96. The summed E-state index contributed by atoms with van der Waals surface area (Å²) in [5, 5.41) is 8.72. The summed E-state index contributed by atoms with van der Waals surface area (Å²) in [7, 11) is -0.779. The first-order valence-corrected chi connectivity index (χ1v) is 8.45. The van der Waals surface area contributed by atoms with Gasteiger partial charge in [0.05, 0.1) is 6.61 Å². The van der Waals surface area contributed by atoms with Gasteiger partial charge in [-0.2, -0.15) is 0 Å². The van der Waals surface area contributed by atoms with Crippen molar-refractivity contribution in [1.82, 2.24) is 4.90 Å². The van der Waals surface area contributed by atoms with Gasteiger partial charge in [-0.25, -0.2) is 0 Å². The van der Waals surface area contributed by atoms with Gasteiger partial charge in [0.15, 0.2) is 0 Å². The topological polar surface area (TPSA) is 57.6 Å². The summed E-state index contributed by atoms with van der Waals surface area (Å²) in [6, 6.07) is 5.47. The molecule has 0 aromatic heterocycles. The van der Waals surface area contributed by atoms with E-state index in [2.05, 4.69) is 11.8 Å². The maximum atomic E-state index is 12.4. The summed E-state index contributed by atoms with van der Waals surface area (Å²) in [6.07, 6.45) is 0.449. The van der Waals surface area contributed by atoms with E-state index >= 15 is 0 Å². The fourth-order valence-corrected chi connectivity index (χ4v) is 3.23. The summed E-state index contributed by atoms with van der Waals surface area (Å²) >= 11 is 0. The van der Waals surface area contributed by atoms with Gasteiger partial charge in [0.2, 0.25) is 0 Å². The molecule has 1 fully saturated rings. The second-order valence-corrected chi connectivity index (χ2v) is 6.64. The van der Waals surface area contributed by atoms with Gasteiger partial charge in [-0.05, 0) is 30.7 Å². The average molecular weight is 305 g/mol. The molecule has 1 heterocycles. The van der Waals surface area contributed by atoms with Crippen molar-refractivity contribution >= 4 is 16.7 Å². The first-order chi connectivity index (χ1) is 10.1. The molecule has 1 N–H and O–H groups in total. The van der Waals surface area contributed by atoms with E-state index in [1.54, 1.807) is 11.0 Å². The van der Waals surface area contributed by atoms with Crippen LogP contribution in [0.1, 0.15) is 27.9 Å². The predicted octanol–water partition coefficient (Wildman–Crippen LogP) is 0.933. The number of carbonyl (C=O) groups is 1. The van der Waals surface area contributed by atoms with Gasteiger partial charge in [-0.15, -0.1) is 0 Å². The van der Waals surface area contributed by atoms with E-state index in [0.717, 1.165) is 11.1 Å². The highest BCUT2D eigenvalue weighted by atomic mass is 32.2.